The van der Waals surface area contributed by atoms with Crippen LogP contribution >= 0.6 is 0 Å². The summed E-state index contributed by atoms with van der Waals surface area (Å²) in [4.78, 5) is 15.2. The van der Waals surface area contributed by atoms with Gasteiger partial charge in [-0.25, -0.2) is 26.9 Å². The number of alkyl halides is 3. The fourth-order valence-electron chi connectivity index (χ4n) is 2.87. The van der Waals surface area contributed by atoms with Gasteiger partial charge in [0.15, 0.2) is 12.1 Å². The Morgan fingerprint density at radius 3 is 2.17 bits per heavy atom. The fraction of sp³-hybridized carbons (Fsp3) is 0.368. The van der Waals surface area contributed by atoms with Crippen molar-refractivity contribution in [1.82, 2.24) is 10.3 Å². The molecule has 10 heteroatoms. The number of benzene rings is 1. The highest BCUT2D eigenvalue weighted by Gasteiger charge is 2.49. The second-order valence-electron chi connectivity index (χ2n) is 7.06. The summed E-state index contributed by atoms with van der Waals surface area (Å²) < 4.78 is 69.4. The second kappa shape index (κ2) is 8.03. The van der Waals surface area contributed by atoms with Crippen LogP contribution in [0.15, 0.2) is 30.3 Å². The third kappa shape index (κ3) is 4.38. The summed E-state index contributed by atoms with van der Waals surface area (Å²) in [5.74, 6) is -2.22. The molecular formula is C19H20F5N3O2. The van der Waals surface area contributed by atoms with Crippen molar-refractivity contribution in [3.63, 3.8) is 0 Å². The Morgan fingerprint density at radius 1 is 1.17 bits per heavy atom. The predicted molar refractivity (Wildman–Crippen MR) is 95.4 cm³/mol. The van der Waals surface area contributed by atoms with Crippen LogP contribution in [0.2, 0.25) is 0 Å². The van der Waals surface area contributed by atoms with Gasteiger partial charge in [0.25, 0.3) is 6.43 Å². The molecule has 0 spiro atoms. The number of aromatic nitrogens is 1. The van der Waals surface area contributed by atoms with Crippen LogP contribution in [0.5, 0.6) is 0 Å². The van der Waals surface area contributed by atoms with Crippen LogP contribution in [-0.4, -0.2) is 28.7 Å². The van der Waals surface area contributed by atoms with Gasteiger partial charge >= 0.3 is 0 Å². The molecule has 0 saturated heterocycles. The van der Waals surface area contributed by atoms with Crippen molar-refractivity contribution in [3.8, 4) is 11.3 Å². The topological polar surface area (TPSA) is 88.2 Å². The average molecular weight is 417 g/mol. The molecule has 2 unspecified atom stereocenters. The van der Waals surface area contributed by atoms with E-state index in [1.54, 1.807) is 0 Å². The summed E-state index contributed by atoms with van der Waals surface area (Å²) in [6, 6.07) is 4.97. The lowest BCUT2D eigenvalue weighted by Gasteiger charge is -2.32. The van der Waals surface area contributed by atoms with Crippen molar-refractivity contribution < 1.29 is 31.9 Å². The number of hydrogen-bond donors (Lipinski definition) is 3. The molecule has 0 aliphatic carbocycles. The lowest BCUT2D eigenvalue weighted by molar-refractivity contribution is -0.147. The Labute approximate surface area is 163 Å². The molecule has 2 rings (SSSR count). The van der Waals surface area contributed by atoms with Crippen LogP contribution in [0, 0.1) is 11.6 Å². The molecule has 158 valence electrons. The Bertz CT molecular complexity index is 893. The van der Waals surface area contributed by atoms with E-state index in [0.717, 1.165) is 37.3 Å². The van der Waals surface area contributed by atoms with Gasteiger partial charge in [0.05, 0.1) is 11.2 Å². The maximum absolute atomic E-state index is 15.3. The summed E-state index contributed by atoms with van der Waals surface area (Å²) in [5.41, 5.74) is -1.90. The molecule has 4 N–H and O–H groups in total. The summed E-state index contributed by atoms with van der Waals surface area (Å²) >= 11 is 0. The first-order chi connectivity index (χ1) is 13.3. The minimum Gasteiger partial charge on any atom is -0.374 e. The zero-order valence-electron chi connectivity index (χ0n) is 15.8. The molecule has 1 aromatic heterocycles. The number of nitrogens with zero attached hydrogens (tertiary/aromatic N) is 1. The highest BCUT2D eigenvalue weighted by molar-refractivity contribution is 5.74. The quantitative estimate of drug-likeness (QED) is 0.498. The molecule has 0 aliphatic rings. The van der Waals surface area contributed by atoms with Gasteiger partial charge in [-0.05, 0) is 44.2 Å². The number of halogens is 5. The molecule has 1 amide bonds. The molecule has 0 fully saturated rings. The number of carbonyl (C=O) groups is 1. The minimum absolute atomic E-state index is 0.0188. The van der Waals surface area contributed by atoms with Crippen molar-refractivity contribution in [3.05, 3.63) is 53.2 Å². The zero-order chi connectivity index (χ0) is 22.1. The summed E-state index contributed by atoms with van der Waals surface area (Å²) in [5, 5.41) is 12.7. The minimum atomic E-state index is -3.70. The molecule has 5 nitrogen and oxygen atoms in total. The molecule has 2 atom stereocenters. The van der Waals surface area contributed by atoms with E-state index in [4.69, 9.17) is 5.73 Å². The molecule has 0 aliphatic heterocycles. The third-order valence-corrected chi connectivity index (χ3v) is 4.40. The van der Waals surface area contributed by atoms with Crippen LogP contribution in [0.3, 0.4) is 0 Å². The number of carbonyl (C=O) groups excluding carboxylic acids is 1. The first-order valence-electron chi connectivity index (χ1n) is 8.47. The Kier molecular flexibility index (Phi) is 6.29. The SMILES string of the molecule is CC(=O)NC(C)(C)c1cc(C(O)(C(N)F)C(F)F)nc(-c2ccc(F)cc2)c1F. The Hall–Kier alpha value is -2.59. The van der Waals surface area contributed by atoms with E-state index in [9.17, 15) is 27.5 Å². The van der Waals surface area contributed by atoms with Crippen LogP contribution < -0.4 is 11.1 Å². The third-order valence-electron chi connectivity index (χ3n) is 4.40. The predicted octanol–water partition coefficient (Wildman–Crippen LogP) is 3.11. The maximum Gasteiger partial charge on any atom is 0.276 e. The van der Waals surface area contributed by atoms with E-state index in [1.165, 1.54) is 13.8 Å². The van der Waals surface area contributed by atoms with Gasteiger partial charge in [-0.15, -0.1) is 0 Å². The van der Waals surface area contributed by atoms with Crippen molar-refractivity contribution in [2.45, 2.75) is 44.6 Å². The first kappa shape index (κ1) is 22.7. The van der Waals surface area contributed by atoms with Gasteiger partial charge in [-0.3, -0.25) is 10.5 Å². The van der Waals surface area contributed by atoms with E-state index in [-0.39, 0.29) is 11.1 Å². The van der Waals surface area contributed by atoms with Crippen molar-refractivity contribution in [2.24, 2.45) is 5.73 Å². The first-order valence-corrected chi connectivity index (χ1v) is 8.47. The van der Waals surface area contributed by atoms with Crippen molar-refractivity contribution in [2.75, 3.05) is 0 Å². The van der Waals surface area contributed by atoms with Crippen LogP contribution in [0.25, 0.3) is 11.3 Å². The number of nitrogens with two attached hydrogens (primary N) is 1. The molecular weight excluding hydrogens is 397 g/mol. The normalized spacial score (nSPS) is 15.1. The summed E-state index contributed by atoms with van der Waals surface area (Å²) in [6.07, 6.45) is -6.64. The summed E-state index contributed by atoms with van der Waals surface area (Å²) in [7, 11) is 0. The van der Waals surface area contributed by atoms with Crippen LogP contribution in [0.4, 0.5) is 22.0 Å². The number of rotatable bonds is 6. The largest absolute Gasteiger partial charge is 0.374 e. The summed E-state index contributed by atoms with van der Waals surface area (Å²) in [6.45, 7) is 3.92. The van der Waals surface area contributed by atoms with E-state index in [1.807, 2.05) is 0 Å². The van der Waals surface area contributed by atoms with Gasteiger partial charge in [0.2, 0.25) is 11.5 Å². The van der Waals surface area contributed by atoms with Gasteiger partial charge in [-0.2, -0.15) is 0 Å². The zero-order valence-corrected chi connectivity index (χ0v) is 15.8. The number of pyridine rings is 1. The second-order valence-corrected chi connectivity index (χ2v) is 7.06. The molecule has 1 aromatic carbocycles. The van der Waals surface area contributed by atoms with E-state index < -0.39 is 52.8 Å². The highest BCUT2D eigenvalue weighted by atomic mass is 19.3. The van der Waals surface area contributed by atoms with Gasteiger partial charge in [0.1, 0.15) is 11.5 Å². The van der Waals surface area contributed by atoms with Crippen molar-refractivity contribution >= 4 is 5.91 Å². The lowest BCUT2D eigenvalue weighted by atomic mass is 9.88. The number of hydrogen-bond acceptors (Lipinski definition) is 4. The molecule has 0 radical (unpaired) electrons. The standard InChI is InChI=1S/C19H20F5N3O2/c1-9(28)27-18(2,3)12-8-13(19(29,16(22)23)17(24)25)26-15(14(12)21)10-4-6-11(20)7-5-10/h4-8,16-17,29H,25H2,1-3H3,(H,27,28). The monoisotopic (exact) mass is 417 g/mol. The molecule has 29 heavy (non-hydrogen) atoms. The van der Waals surface area contributed by atoms with E-state index in [0.29, 0.717) is 0 Å². The number of amides is 1. The van der Waals surface area contributed by atoms with Crippen LogP contribution in [0.1, 0.15) is 32.0 Å². The van der Waals surface area contributed by atoms with Gasteiger partial charge in [-0.1, -0.05) is 0 Å². The Morgan fingerprint density at radius 2 is 1.72 bits per heavy atom. The highest BCUT2D eigenvalue weighted by Crippen LogP contribution is 2.37. The number of aliphatic hydroxyl groups is 1. The Balaban J connectivity index is 2.85. The fourth-order valence-corrected chi connectivity index (χ4v) is 2.87. The van der Waals surface area contributed by atoms with Gasteiger partial charge < -0.3 is 10.4 Å². The van der Waals surface area contributed by atoms with Crippen molar-refractivity contribution in [1.29, 1.82) is 0 Å². The molecule has 0 bridgehead atoms. The van der Waals surface area contributed by atoms with E-state index >= 15 is 4.39 Å². The number of nitrogens with one attached hydrogen (secondary N) is 1. The molecule has 1 heterocycles. The maximum atomic E-state index is 15.3. The van der Waals surface area contributed by atoms with E-state index in [2.05, 4.69) is 10.3 Å². The van der Waals surface area contributed by atoms with Crippen LogP contribution in [-0.2, 0) is 15.9 Å². The smallest absolute Gasteiger partial charge is 0.276 e. The average Bonchev–Trinajstić information content (AvgIpc) is 2.60. The van der Waals surface area contributed by atoms with Gasteiger partial charge in [0, 0.05) is 18.1 Å². The molecule has 2 aromatic rings. The molecule has 0 saturated carbocycles. The lowest BCUT2D eigenvalue weighted by Crippen LogP contribution is -2.49.